The van der Waals surface area contributed by atoms with Crippen molar-refractivity contribution >= 4 is 18.2 Å². The zero-order valence-electron chi connectivity index (χ0n) is 6.86. The molecule has 1 aliphatic rings. The van der Waals surface area contributed by atoms with Gasteiger partial charge in [0.15, 0.2) is 5.78 Å². The molecular weight excluding hydrogens is 190 g/mol. The molecule has 3 nitrogen and oxygen atoms in total. The van der Waals surface area contributed by atoms with Gasteiger partial charge >= 0.3 is 0 Å². The number of Topliss-reactive ketones (excluding diaryl/α,β-unsaturated/α-hetero) is 1. The molecule has 0 saturated heterocycles. The molecule has 0 spiro atoms. The van der Waals surface area contributed by atoms with Crippen LogP contribution in [0.1, 0.15) is 15.9 Å². The molecule has 0 amide bonds. The number of hydrogen-bond donors (Lipinski definition) is 2. The lowest BCUT2D eigenvalue weighted by atomic mass is 10.1. The molecule has 1 aromatic carbocycles. The van der Waals surface area contributed by atoms with Gasteiger partial charge in [0, 0.05) is 5.56 Å². The molecule has 13 heavy (non-hydrogen) atoms. The van der Waals surface area contributed by atoms with Crippen molar-refractivity contribution in [3.05, 3.63) is 29.3 Å². The van der Waals surface area contributed by atoms with Gasteiger partial charge in [0.25, 0.3) is 0 Å². The van der Waals surface area contributed by atoms with Crippen LogP contribution in [0.5, 0.6) is 5.75 Å². The lowest BCUT2D eigenvalue weighted by molar-refractivity contribution is 0.0974. The van der Waals surface area contributed by atoms with E-state index in [2.05, 4.69) is 0 Å². The fourth-order valence-corrected chi connectivity index (χ4v) is 1.52. The summed E-state index contributed by atoms with van der Waals surface area (Å²) in [6, 6.07) is 4.32. The summed E-state index contributed by atoms with van der Waals surface area (Å²) in [6.07, 6.45) is 0.544. The van der Waals surface area contributed by atoms with Crippen molar-refractivity contribution in [1.82, 2.24) is 0 Å². The fraction of sp³-hybridized carbons (Fsp3) is 0.222. The first-order chi connectivity index (χ1) is 5.68. The highest BCUT2D eigenvalue weighted by atomic mass is 35.5. The number of phenols is 1. The van der Waals surface area contributed by atoms with E-state index in [1.807, 2.05) is 0 Å². The summed E-state index contributed by atoms with van der Waals surface area (Å²) >= 11 is 0. The maximum Gasteiger partial charge on any atom is 0.180 e. The number of hydrogen-bond acceptors (Lipinski definition) is 3. The minimum atomic E-state index is -0.415. The van der Waals surface area contributed by atoms with Gasteiger partial charge in [-0.1, -0.05) is 0 Å². The molecule has 1 unspecified atom stereocenters. The van der Waals surface area contributed by atoms with Crippen LogP contribution >= 0.6 is 12.4 Å². The molecule has 2 rings (SSSR count). The second-order valence-corrected chi connectivity index (χ2v) is 3.02. The molecule has 0 heterocycles. The summed E-state index contributed by atoms with van der Waals surface area (Å²) in [5.74, 6) is 0.167. The lowest BCUT2D eigenvalue weighted by Crippen LogP contribution is -2.26. The molecule has 3 N–H and O–H groups in total. The van der Waals surface area contributed by atoms with Crippen molar-refractivity contribution in [3.63, 3.8) is 0 Å². The van der Waals surface area contributed by atoms with Crippen LogP contribution in [0.2, 0.25) is 0 Å². The number of halogens is 1. The SMILES string of the molecule is Cl.NC1Cc2cc(O)ccc2C1=O. The largest absolute Gasteiger partial charge is 0.508 e. The summed E-state index contributed by atoms with van der Waals surface area (Å²) < 4.78 is 0. The van der Waals surface area contributed by atoms with E-state index in [0.717, 1.165) is 5.56 Å². The molecular formula is C9H10ClNO2. The topological polar surface area (TPSA) is 63.3 Å². The van der Waals surface area contributed by atoms with Crippen LogP contribution in [0.3, 0.4) is 0 Å². The van der Waals surface area contributed by atoms with Gasteiger partial charge in [-0.15, -0.1) is 12.4 Å². The molecule has 1 atom stereocenters. The number of phenolic OH excluding ortho intramolecular Hbond substituents is 1. The average molecular weight is 200 g/mol. The van der Waals surface area contributed by atoms with Crippen LogP contribution in [0.25, 0.3) is 0 Å². The molecule has 0 bridgehead atoms. The predicted molar refractivity (Wildman–Crippen MR) is 51.4 cm³/mol. The van der Waals surface area contributed by atoms with Crippen molar-refractivity contribution in [2.75, 3.05) is 0 Å². The second kappa shape index (κ2) is 3.36. The Bertz CT molecular complexity index is 351. The summed E-state index contributed by atoms with van der Waals surface area (Å²) in [7, 11) is 0. The first-order valence-electron chi connectivity index (χ1n) is 3.80. The molecule has 70 valence electrons. The van der Waals surface area contributed by atoms with Crippen LogP contribution in [0.15, 0.2) is 18.2 Å². The van der Waals surface area contributed by atoms with E-state index in [4.69, 9.17) is 10.8 Å². The third-order valence-electron chi connectivity index (χ3n) is 2.13. The van der Waals surface area contributed by atoms with E-state index in [0.29, 0.717) is 12.0 Å². The number of rotatable bonds is 0. The zero-order chi connectivity index (χ0) is 8.72. The molecule has 0 saturated carbocycles. The highest BCUT2D eigenvalue weighted by Gasteiger charge is 2.27. The highest BCUT2D eigenvalue weighted by Crippen LogP contribution is 2.24. The van der Waals surface area contributed by atoms with E-state index < -0.39 is 6.04 Å². The molecule has 4 heteroatoms. The molecule has 1 aromatic rings. The van der Waals surface area contributed by atoms with E-state index in [1.54, 1.807) is 12.1 Å². The van der Waals surface area contributed by atoms with Gasteiger partial charge in [-0.25, -0.2) is 0 Å². The quantitative estimate of drug-likeness (QED) is 0.652. The predicted octanol–water partition coefficient (Wildman–Crippen LogP) is 0.880. The molecule has 0 aliphatic heterocycles. The van der Waals surface area contributed by atoms with Crippen LogP contribution in [0.4, 0.5) is 0 Å². The lowest BCUT2D eigenvalue weighted by Gasteiger charge is -1.96. The van der Waals surface area contributed by atoms with Crippen LogP contribution in [0, 0.1) is 0 Å². The minimum absolute atomic E-state index is 0. The number of aromatic hydroxyl groups is 1. The highest BCUT2D eigenvalue weighted by molar-refractivity contribution is 6.04. The average Bonchev–Trinajstić information content (AvgIpc) is 2.28. The van der Waals surface area contributed by atoms with Crippen molar-refractivity contribution in [1.29, 1.82) is 0 Å². The van der Waals surface area contributed by atoms with Crippen molar-refractivity contribution in [2.24, 2.45) is 5.73 Å². The van der Waals surface area contributed by atoms with Gasteiger partial charge in [0.1, 0.15) is 5.75 Å². The van der Waals surface area contributed by atoms with E-state index in [1.165, 1.54) is 6.07 Å². The van der Waals surface area contributed by atoms with Gasteiger partial charge in [0.2, 0.25) is 0 Å². The van der Waals surface area contributed by atoms with E-state index >= 15 is 0 Å². The maximum atomic E-state index is 11.3. The summed E-state index contributed by atoms with van der Waals surface area (Å²) in [5, 5.41) is 9.12. The summed E-state index contributed by atoms with van der Waals surface area (Å²) in [6.45, 7) is 0. The first-order valence-corrected chi connectivity index (χ1v) is 3.80. The summed E-state index contributed by atoms with van der Waals surface area (Å²) in [4.78, 5) is 11.3. The minimum Gasteiger partial charge on any atom is -0.508 e. The van der Waals surface area contributed by atoms with Crippen molar-refractivity contribution in [3.8, 4) is 5.75 Å². The second-order valence-electron chi connectivity index (χ2n) is 3.02. The molecule has 1 aliphatic carbocycles. The monoisotopic (exact) mass is 199 g/mol. The van der Waals surface area contributed by atoms with Crippen LogP contribution in [-0.4, -0.2) is 16.9 Å². The Morgan fingerprint density at radius 2 is 2.15 bits per heavy atom. The number of nitrogens with two attached hydrogens (primary N) is 1. The Hall–Kier alpha value is -1.06. The Morgan fingerprint density at radius 3 is 2.85 bits per heavy atom. The summed E-state index contributed by atoms with van der Waals surface area (Å²) in [5.41, 5.74) is 7.05. The fourth-order valence-electron chi connectivity index (χ4n) is 1.52. The van der Waals surface area contributed by atoms with E-state index in [-0.39, 0.29) is 23.9 Å². The maximum absolute atomic E-state index is 11.3. The van der Waals surface area contributed by atoms with E-state index in [9.17, 15) is 4.79 Å². The Labute approximate surface area is 82.0 Å². The van der Waals surface area contributed by atoms with Crippen molar-refractivity contribution in [2.45, 2.75) is 12.5 Å². The van der Waals surface area contributed by atoms with Gasteiger partial charge in [0.05, 0.1) is 6.04 Å². The number of carbonyl (C=O) groups excluding carboxylic acids is 1. The molecule has 0 aromatic heterocycles. The smallest absolute Gasteiger partial charge is 0.180 e. The Morgan fingerprint density at radius 1 is 1.46 bits per heavy atom. The van der Waals surface area contributed by atoms with Gasteiger partial charge in [-0.05, 0) is 30.2 Å². The van der Waals surface area contributed by atoms with Crippen LogP contribution in [-0.2, 0) is 6.42 Å². The molecule has 0 radical (unpaired) electrons. The number of fused-ring (bicyclic) bond motifs is 1. The standard InChI is InChI=1S/C9H9NO2.ClH/c10-8-4-5-3-6(11)1-2-7(5)9(8)12;/h1-3,8,11H,4,10H2;1H. The normalized spacial score (nSPS) is 19.5. The Kier molecular flexibility index (Phi) is 2.59. The molecule has 0 fully saturated rings. The van der Waals surface area contributed by atoms with Crippen molar-refractivity contribution < 1.29 is 9.90 Å². The third-order valence-corrected chi connectivity index (χ3v) is 2.13. The zero-order valence-corrected chi connectivity index (χ0v) is 7.67. The van der Waals surface area contributed by atoms with Crippen LogP contribution < -0.4 is 5.73 Å². The first kappa shape index (κ1) is 10.0. The van der Waals surface area contributed by atoms with Gasteiger partial charge in [-0.3, -0.25) is 4.79 Å². The van der Waals surface area contributed by atoms with Gasteiger partial charge < -0.3 is 10.8 Å². The number of carbonyl (C=O) groups is 1. The number of benzene rings is 1. The third kappa shape index (κ3) is 1.53. The van der Waals surface area contributed by atoms with Gasteiger partial charge in [-0.2, -0.15) is 0 Å². The Balaban J connectivity index is 0.000000845. The number of ketones is 1.